The maximum atomic E-state index is 13.0. The highest BCUT2D eigenvalue weighted by molar-refractivity contribution is 7.38. The Morgan fingerprint density at radius 2 is 1.87 bits per heavy atom. The summed E-state index contributed by atoms with van der Waals surface area (Å²) in [7, 11) is 1.05. The third kappa shape index (κ3) is 2.00. The van der Waals surface area contributed by atoms with Crippen LogP contribution in [0, 0.1) is 0 Å². The maximum Gasteiger partial charge on any atom is 0.183 e. The summed E-state index contributed by atoms with van der Waals surface area (Å²) in [6.45, 7) is 0. The Morgan fingerprint density at radius 1 is 1.03 bits per heavy atom. The molecule has 3 aliphatic heterocycles. The monoisotopic (exact) mass is 429 g/mol. The average molecular weight is 429 g/mol. The number of hydrogen-bond acceptors (Lipinski definition) is 5. The van der Waals surface area contributed by atoms with Gasteiger partial charge < -0.3 is 14.8 Å². The smallest absolute Gasteiger partial charge is 0.183 e. The summed E-state index contributed by atoms with van der Waals surface area (Å²) in [6, 6.07) is 0. The second-order valence-electron chi connectivity index (χ2n) is 9.29. The lowest BCUT2D eigenvalue weighted by atomic mass is 9.63. The zero-order chi connectivity index (χ0) is 21.0. The molecule has 1 aromatic rings. The Hall–Kier alpha value is -2.98. The average Bonchev–Trinajstić information content (AvgIpc) is 3.37. The molecule has 0 saturated heterocycles. The van der Waals surface area contributed by atoms with Gasteiger partial charge in [-0.2, -0.15) is 0 Å². The van der Waals surface area contributed by atoms with E-state index < -0.39 is 11.1 Å². The third-order valence-electron chi connectivity index (χ3n) is 7.84. The first-order chi connectivity index (χ1) is 15.0. The van der Waals surface area contributed by atoms with E-state index in [9.17, 15) is 14.4 Å². The standard InChI is InChI=1S/C24H20N3O3P/c28-17-4-19-18(21(30)5-17)9-24-8-16-11-25-10-15(16)7-23(24)6-14-2-1-3-20(29)22(14)27(23)13-31-12-26(19)24/h1-2,4,9-11,13,25H,3,5-8,12H2. The lowest BCUT2D eigenvalue weighted by Gasteiger charge is -2.56. The molecule has 0 aromatic carbocycles. The summed E-state index contributed by atoms with van der Waals surface area (Å²) >= 11 is 0. The summed E-state index contributed by atoms with van der Waals surface area (Å²) in [5, 5.41) is 0. The third-order valence-corrected chi connectivity index (χ3v) is 8.68. The normalized spacial score (nSPS) is 33.2. The van der Waals surface area contributed by atoms with E-state index >= 15 is 0 Å². The van der Waals surface area contributed by atoms with Gasteiger partial charge in [0.05, 0.1) is 35.2 Å². The predicted octanol–water partition coefficient (Wildman–Crippen LogP) is 2.42. The van der Waals surface area contributed by atoms with E-state index in [-0.39, 0.29) is 23.8 Å². The number of rotatable bonds is 0. The van der Waals surface area contributed by atoms with Crippen LogP contribution in [0.15, 0.2) is 59.2 Å². The summed E-state index contributed by atoms with van der Waals surface area (Å²) in [5.74, 6) is 2.12. The second-order valence-corrected chi connectivity index (χ2v) is 10.2. The van der Waals surface area contributed by atoms with Gasteiger partial charge in [0.15, 0.2) is 17.3 Å². The van der Waals surface area contributed by atoms with Crippen molar-refractivity contribution in [2.75, 3.05) is 6.29 Å². The fraction of sp³-hybridized carbons (Fsp3) is 0.333. The quantitative estimate of drug-likeness (QED) is 0.507. The highest BCUT2D eigenvalue weighted by Gasteiger charge is 2.66. The van der Waals surface area contributed by atoms with Crippen LogP contribution >= 0.6 is 8.20 Å². The number of aromatic nitrogens is 1. The molecule has 7 rings (SSSR count). The fourth-order valence-electron chi connectivity index (χ4n) is 6.59. The lowest BCUT2D eigenvalue weighted by Crippen LogP contribution is -2.69. The number of carbonyl (C=O) groups is 3. The Kier molecular flexibility index (Phi) is 3.21. The first-order valence-corrected chi connectivity index (χ1v) is 11.8. The van der Waals surface area contributed by atoms with Gasteiger partial charge in [-0.05, 0) is 22.8 Å². The first kappa shape index (κ1) is 17.7. The number of nitrogens with one attached hydrogen (secondary N) is 1. The molecule has 1 aromatic heterocycles. The lowest BCUT2D eigenvalue weighted by molar-refractivity contribution is -0.123. The van der Waals surface area contributed by atoms with Crippen molar-refractivity contribution in [2.24, 2.45) is 0 Å². The number of ketones is 3. The number of aromatic amines is 1. The maximum absolute atomic E-state index is 13.0. The summed E-state index contributed by atoms with van der Waals surface area (Å²) in [6.07, 6.45) is 15.4. The van der Waals surface area contributed by atoms with Crippen LogP contribution in [0.5, 0.6) is 0 Å². The minimum atomic E-state index is -0.491. The van der Waals surface area contributed by atoms with E-state index in [1.807, 2.05) is 6.08 Å². The van der Waals surface area contributed by atoms with Crippen LogP contribution in [0.1, 0.15) is 30.4 Å². The molecule has 0 fully saturated rings. The molecular weight excluding hydrogens is 409 g/mol. The minimum absolute atomic E-state index is 0.0504. The Balaban J connectivity index is 1.52. The van der Waals surface area contributed by atoms with Crippen molar-refractivity contribution in [2.45, 2.75) is 43.2 Å². The predicted molar refractivity (Wildman–Crippen MR) is 116 cm³/mol. The number of hydrogen-bond donors (Lipinski definition) is 1. The molecule has 154 valence electrons. The molecule has 1 N–H and O–H groups in total. The van der Waals surface area contributed by atoms with Gasteiger partial charge in [-0.1, -0.05) is 20.4 Å². The van der Waals surface area contributed by atoms with Crippen molar-refractivity contribution in [1.82, 2.24) is 14.8 Å². The second kappa shape index (κ2) is 5.63. The topological polar surface area (TPSA) is 73.5 Å². The molecule has 31 heavy (non-hydrogen) atoms. The molecule has 0 amide bonds. The Bertz CT molecular complexity index is 1280. The van der Waals surface area contributed by atoms with E-state index in [1.54, 1.807) is 6.08 Å². The highest BCUT2D eigenvalue weighted by atomic mass is 31.1. The number of carbonyl (C=O) groups excluding carboxylic acids is 3. The largest absolute Gasteiger partial charge is 0.367 e. The molecule has 2 spiro atoms. The number of H-pyrrole nitrogens is 1. The van der Waals surface area contributed by atoms with E-state index in [2.05, 4.69) is 45.2 Å². The first-order valence-electron chi connectivity index (χ1n) is 10.7. The molecular formula is C24H20N3O3P. The van der Waals surface area contributed by atoms with Crippen molar-refractivity contribution in [3.05, 3.63) is 70.4 Å². The highest BCUT2D eigenvalue weighted by Crippen LogP contribution is 2.59. The van der Waals surface area contributed by atoms with E-state index in [0.717, 1.165) is 44.4 Å². The zero-order valence-corrected chi connectivity index (χ0v) is 17.7. The zero-order valence-electron chi connectivity index (χ0n) is 16.9. The van der Waals surface area contributed by atoms with Crippen LogP contribution in [-0.4, -0.2) is 55.4 Å². The number of nitrogens with zero attached hydrogens (tertiary/aromatic N) is 2. The summed E-state index contributed by atoms with van der Waals surface area (Å²) < 4.78 is 0. The summed E-state index contributed by atoms with van der Waals surface area (Å²) in [5.41, 5.74) is 4.98. The summed E-state index contributed by atoms with van der Waals surface area (Å²) in [4.78, 5) is 46.1. The molecule has 2 unspecified atom stereocenters. The van der Waals surface area contributed by atoms with Crippen LogP contribution in [0.2, 0.25) is 0 Å². The van der Waals surface area contributed by atoms with Crippen LogP contribution < -0.4 is 0 Å². The number of fused-ring (bicyclic) bond motifs is 4. The van der Waals surface area contributed by atoms with Crippen molar-refractivity contribution in [3.8, 4) is 0 Å². The van der Waals surface area contributed by atoms with E-state index in [4.69, 9.17) is 0 Å². The minimum Gasteiger partial charge on any atom is -0.367 e. The van der Waals surface area contributed by atoms with Gasteiger partial charge >= 0.3 is 0 Å². The number of allylic oxidation sites excluding steroid dienone is 5. The molecule has 0 saturated carbocycles. The van der Waals surface area contributed by atoms with Crippen LogP contribution in [0.25, 0.3) is 0 Å². The molecule has 0 bridgehead atoms. The fourth-order valence-corrected chi connectivity index (χ4v) is 7.73. The van der Waals surface area contributed by atoms with Crippen molar-refractivity contribution < 1.29 is 14.4 Å². The number of Topliss-reactive ketones (excluding diaryl/α,β-unsaturated/α-hetero) is 2. The van der Waals surface area contributed by atoms with Gasteiger partial charge in [0.2, 0.25) is 0 Å². The van der Waals surface area contributed by atoms with Crippen molar-refractivity contribution >= 4 is 31.5 Å². The van der Waals surface area contributed by atoms with Gasteiger partial charge in [0.1, 0.15) is 0 Å². The van der Waals surface area contributed by atoms with Crippen molar-refractivity contribution in [3.63, 3.8) is 0 Å². The van der Waals surface area contributed by atoms with Crippen LogP contribution in [0.4, 0.5) is 0 Å². The molecule has 2 atom stereocenters. The Morgan fingerprint density at radius 3 is 2.74 bits per heavy atom. The molecule has 0 radical (unpaired) electrons. The van der Waals surface area contributed by atoms with Crippen molar-refractivity contribution in [1.29, 1.82) is 0 Å². The van der Waals surface area contributed by atoms with E-state index in [0.29, 0.717) is 18.3 Å². The van der Waals surface area contributed by atoms with Gasteiger partial charge in [0.25, 0.3) is 0 Å². The SMILES string of the molecule is O=C1C=C2C(=CC34Cc5c[nH]cc5CC35CC3=C(C(=O)CC=C3)N5C=PCN24)C(=O)C1. The van der Waals surface area contributed by atoms with Gasteiger partial charge in [-0.15, -0.1) is 0 Å². The van der Waals surface area contributed by atoms with E-state index in [1.165, 1.54) is 11.1 Å². The molecule has 4 heterocycles. The Labute approximate surface area is 180 Å². The van der Waals surface area contributed by atoms with Crippen LogP contribution in [0.3, 0.4) is 0 Å². The molecule has 6 nitrogen and oxygen atoms in total. The van der Waals surface area contributed by atoms with Gasteiger partial charge in [-0.25, -0.2) is 0 Å². The van der Waals surface area contributed by atoms with Gasteiger partial charge in [0, 0.05) is 55.6 Å². The van der Waals surface area contributed by atoms with Crippen LogP contribution in [-0.2, 0) is 27.2 Å². The molecule has 3 aliphatic carbocycles. The molecule has 7 heteroatoms. The van der Waals surface area contributed by atoms with Gasteiger partial charge in [-0.3, -0.25) is 14.4 Å². The molecule has 6 aliphatic rings.